The average molecular weight is 350 g/mol. The smallest absolute Gasteiger partial charge is 0.228 e. The average Bonchev–Trinajstić information content (AvgIpc) is 3.21. The van der Waals surface area contributed by atoms with Crippen LogP contribution in [0.3, 0.4) is 0 Å². The fraction of sp³-hybridized carbons (Fsp3) is 0.429. The lowest BCUT2D eigenvalue weighted by atomic mass is 10.1. The highest BCUT2D eigenvalue weighted by Gasteiger charge is 2.26. The summed E-state index contributed by atoms with van der Waals surface area (Å²) in [5.41, 5.74) is 3.42. The number of aromatic nitrogens is 1. The van der Waals surface area contributed by atoms with Gasteiger partial charge in [-0.25, -0.2) is 0 Å². The van der Waals surface area contributed by atoms with Crippen molar-refractivity contribution in [3.05, 3.63) is 54.4 Å². The molecule has 26 heavy (non-hydrogen) atoms. The van der Waals surface area contributed by atoms with Crippen molar-refractivity contribution in [2.75, 3.05) is 42.5 Å². The topological polar surface area (TPSA) is 39.7 Å². The molecule has 2 aliphatic rings. The first-order valence-corrected chi connectivity index (χ1v) is 9.57. The first kappa shape index (κ1) is 17.0. The lowest BCUT2D eigenvalue weighted by Crippen LogP contribution is -2.44. The van der Waals surface area contributed by atoms with Crippen LogP contribution in [-0.2, 0) is 11.3 Å². The van der Waals surface area contributed by atoms with Gasteiger partial charge in [-0.1, -0.05) is 12.1 Å². The van der Waals surface area contributed by atoms with Crippen LogP contribution in [0.4, 0.5) is 11.4 Å². The minimum absolute atomic E-state index is 0.243. The summed E-state index contributed by atoms with van der Waals surface area (Å²) in [5.74, 6) is 0.243. The third-order valence-electron chi connectivity index (χ3n) is 5.37. The van der Waals surface area contributed by atoms with Crippen LogP contribution in [0.15, 0.2) is 48.8 Å². The monoisotopic (exact) mass is 350 g/mol. The summed E-state index contributed by atoms with van der Waals surface area (Å²) in [6.45, 7) is 5.62. The van der Waals surface area contributed by atoms with Gasteiger partial charge in [0.05, 0.1) is 11.4 Å². The number of anilines is 2. The van der Waals surface area contributed by atoms with Gasteiger partial charge in [-0.05, 0) is 55.8 Å². The van der Waals surface area contributed by atoms with E-state index in [1.165, 1.54) is 18.4 Å². The Morgan fingerprint density at radius 3 is 2.42 bits per heavy atom. The second-order valence-corrected chi connectivity index (χ2v) is 7.11. The number of amides is 1. The lowest BCUT2D eigenvalue weighted by molar-refractivity contribution is -0.118. The van der Waals surface area contributed by atoms with E-state index in [0.717, 1.165) is 50.6 Å². The van der Waals surface area contributed by atoms with Crippen molar-refractivity contribution in [3.8, 4) is 0 Å². The Morgan fingerprint density at radius 1 is 0.923 bits per heavy atom. The molecular formula is C21H26N4O. The summed E-state index contributed by atoms with van der Waals surface area (Å²) < 4.78 is 0. The second kappa shape index (κ2) is 7.87. The number of hydrogen-bond acceptors (Lipinski definition) is 4. The number of carbonyl (C=O) groups is 1. The zero-order valence-electron chi connectivity index (χ0n) is 15.2. The number of para-hydroxylation sites is 2. The van der Waals surface area contributed by atoms with Crippen LogP contribution in [-0.4, -0.2) is 48.5 Å². The molecule has 4 rings (SSSR count). The number of nitrogens with zero attached hydrogens (tertiary/aromatic N) is 4. The maximum absolute atomic E-state index is 12.9. The van der Waals surface area contributed by atoms with Crippen molar-refractivity contribution in [1.82, 2.24) is 9.88 Å². The second-order valence-electron chi connectivity index (χ2n) is 7.11. The zero-order chi connectivity index (χ0) is 17.8. The van der Waals surface area contributed by atoms with E-state index in [1.54, 1.807) is 0 Å². The molecule has 0 N–H and O–H groups in total. The van der Waals surface area contributed by atoms with Crippen molar-refractivity contribution in [1.29, 1.82) is 0 Å². The van der Waals surface area contributed by atoms with Crippen LogP contribution in [0, 0.1) is 0 Å². The molecule has 0 radical (unpaired) electrons. The zero-order valence-corrected chi connectivity index (χ0v) is 15.2. The predicted octanol–water partition coefficient (Wildman–Crippen LogP) is 2.92. The van der Waals surface area contributed by atoms with E-state index in [2.05, 4.69) is 45.1 Å². The third kappa shape index (κ3) is 3.73. The van der Waals surface area contributed by atoms with E-state index < -0.39 is 0 Å². The molecule has 136 valence electrons. The summed E-state index contributed by atoms with van der Waals surface area (Å²) in [5, 5.41) is 0. The Hall–Kier alpha value is -2.40. The van der Waals surface area contributed by atoms with Crippen molar-refractivity contribution < 1.29 is 4.79 Å². The summed E-state index contributed by atoms with van der Waals surface area (Å²) in [6.07, 6.45) is 6.81. The Morgan fingerprint density at radius 2 is 1.65 bits per heavy atom. The molecule has 2 aliphatic heterocycles. The third-order valence-corrected chi connectivity index (χ3v) is 5.37. The van der Waals surface area contributed by atoms with Gasteiger partial charge in [0.15, 0.2) is 0 Å². The number of fused-ring (bicyclic) bond motifs is 1. The first-order valence-electron chi connectivity index (χ1n) is 9.57. The molecule has 1 aromatic heterocycles. The molecule has 0 spiro atoms. The molecule has 0 aliphatic carbocycles. The molecule has 0 atom stereocenters. The Bertz CT molecular complexity index is 743. The van der Waals surface area contributed by atoms with E-state index in [0.29, 0.717) is 6.42 Å². The minimum atomic E-state index is 0.243. The molecule has 2 aromatic rings. The van der Waals surface area contributed by atoms with Crippen LogP contribution in [0.5, 0.6) is 0 Å². The van der Waals surface area contributed by atoms with Crippen molar-refractivity contribution >= 4 is 17.3 Å². The van der Waals surface area contributed by atoms with Crippen LogP contribution >= 0.6 is 0 Å². The molecular weight excluding hydrogens is 324 g/mol. The largest absolute Gasteiger partial charge is 0.364 e. The SMILES string of the molecule is O=C(CCN1CCCC1)N1CCN(Cc2ccncc2)c2ccccc21. The summed E-state index contributed by atoms with van der Waals surface area (Å²) in [6, 6.07) is 12.4. The van der Waals surface area contributed by atoms with Gasteiger partial charge in [0.25, 0.3) is 0 Å². The summed E-state index contributed by atoms with van der Waals surface area (Å²) >= 11 is 0. The fourth-order valence-electron chi connectivity index (χ4n) is 3.95. The number of likely N-dealkylation sites (tertiary alicyclic amines) is 1. The molecule has 3 heterocycles. The molecule has 1 amide bonds. The normalized spacial score (nSPS) is 17.4. The predicted molar refractivity (Wildman–Crippen MR) is 104 cm³/mol. The first-order chi connectivity index (χ1) is 12.8. The maximum atomic E-state index is 12.9. The Kier molecular flexibility index (Phi) is 5.16. The van der Waals surface area contributed by atoms with Gasteiger partial charge in [-0.3, -0.25) is 9.78 Å². The highest BCUT2D eigenvalue weighted by atomic mass is 16.2. The highest BCUT2D eigenvalue weighted by molar-refractivity contribution is 5.98. The number of carbonyl (C=O) groups excluding carboxylic acids is 1. The molecule has 0 unspecified atom stereocenters. The van der Waals surface area contributed by atoms with E-state index in [9.17, 15) is 4.79 Å². The van der Waals surface area contributed by atoms with Gasteiger partial charge in [-0.2, -0.15) is 0 Å². The summed E-state index contributed by atoms with van der Waals surface area (Å²) in [4.78, 5) is 23.7. The van der Waals surface area contributed by atoms with Crippen molar-refractivity contribution in [3.63, 3.8) is 0 Å². The molecule has 5 heteroatoms. The lowest BCUT2D eigenvalue weighted by Gasteiger charge is -2.38. The van der Waals surface area contributed by atoms with Gasteiger partial charge in [0, 0.05) is 45.0 Å². The van der Waals surface area contributed by atoms with E-state index in [1.807, 2.05) is 23.4 Å². The van der Waals surface area contributed by atoms with Gasteiger partial charge in [0.2, 0.25) is 5.91 Å². The summed E-state index contributed by atoms with van der Waals surface area (Å²) in [7, 11) is 0. The van der Waals surface area contributed by atoms with Crippen LogP contribution in [0.1, 0.15) is 24.8 Å². The molecule has 5 nitrogen and oxygen atoms in total. The number of hydrogen-bond donors (Lipinski definition) is 0. The van der Waals surface area contributed by atoms with Crippen LogP contribution < -0.4 is 9.80 Å². The Balaban J connectivity index is 1.47. The van der Waals surface area contributed by atoms with E-state index in [-0.39, 0.29) is 5.91 Å². The molecule has 1 fully saturated rings. The van der Waals surface area contributed by atoms with Gasteiger partial charge < -0.3 is 14.7 Å². The minimum Gasteiger partial charge on any atom is -0.364 e. The molecule has 1 aromatic carbocycles. The van der Waals surface area contributed by atoms with E-state index in [4.69, 9.17) is 0 Å². The van der Waals surface area contributed by atoms with E-state index >= 15 is 0 Å². The van der Waals surface area contributed by atoms with Crippen molar-refractivity contribution in [2.24, 2.45) is 0 Å². The van der Waals surface area contributed by atoms with Gasteiger partial charge >= 0.3 is 0 Å². The molecule has 0 saturated carbocycles. The van der Waals surface area contributed by atoms with Crippen LogP contribution in [0.25, 0.3) is 0 Å². The fourth-order valence-corrected chi connectivity index (χ4v) is 3.95. The van der Waals surface area contributed by atoms with Crippen LogP contribution in [0.2, 0.25) is 0 Å². The van der Waals surface area contributed by atoms with Gasteiger partial charge in [-0.15, -0.1) is 0 Å². The number of benzene rings is 1. The Labute approximate surface area is 155 Å². The highest BCUT2D eigenvalue weighted by Crippen LogP contribution is 2.34. The standard InChI is InChI=1S/C21H26N4O/c26-21(9-14-23-12-3-4-13-23)25-16-15-24(17-18-7-10-22-11-8-18)19-5-1-2-6-20(19)25/h1-2,5-8,10-11H,3-4,9,12-17H2. The quantitative estimate of drug-likeness (QED) is 0.831. The van der Waals surface area contributed by atoms with Crippen molar-refractivity contribution in [2.45, 2.75) is 25.8 Å². The number of pyridine rings is 1. The maximum Gasteiger partial charge on any atom is 0.228 e. The molecule has 1 saturated heterocycles. The number of rotatable bonds is 5. The molecule has 0 bridgehead atoms. The van der Waals surface area contributed by atoms with Gasteiger partial charge in [0.1, 0.15) is 0 Å².